The number of hydrogen-bond acceptors (Lipinski definition) is 5. The molecule has 3 rings (SSSR count). The van der Waals surface area contributed by atoms with Crippen molar-refractivity contribution in [2.75, 3.05) is 13.2 Å². The molecule has 0 aliphatic rings. The average molecular weight is 426 g/mol. The Bertz CT molecular complexity index is 1200. The lowest BCUT2D eigenvalue weighted by molar-refractivity contribution is 0.0950. The van der Waals surface area contributed by atoms with Crippen molar-refractivity contribution in [2.45, 2.75) is 58.9 Å². The van der Waals surface area contributed by atoms with Crippen LogP contribution in [0.3, 0.4) is 0 Å². The number of aliphatic hydroxyl groups is 1. The van der Waals surface area contributed by atoms with Gasteiger partial charge in [-0.25, -0.2) is 4.98 Å². The molecule has 3 N–H and O–H groups in total. The number of unbranched alkanes of at least 4 members (excludes halogenated alkanes) is 5. The average Bonchev–Trinajstić information content (AvgIpc) is 2.76. The van der Waals surface area contributed by atoms with E-state index >= 15 is 0 Å². The molecule has 0 fully saturated rings. The van der Waals surface area contributed by atoms with Gasteiger partial charge in [0.25, 0.3) is 11.5 Å². The Kier molecular flexibility index (Phi) is 7.57. The molecule has 3 heterocycles. The molecule has 0 unspecified atom stereocenters. The van der Waals surface area contributed by atoms with Crippen LogP contribution in [-0.4, -0.2) is 38.1 Å². The molecule has 0 saturated heterocycles. The first-order chi connectivity index (χ1) is 15.0. The molecule has 0 aliphatic carbocycles. The summed E-state index contributed by atoms with van der Waals surface area (Å²) in [5, 5.41) is 21.2. The number of carbonyl (C=O) groups is 1. The third kappa shape index (κ3) is 4.85. The number of nitrogens with zero attached hydrogens (tertiary/aromatic N) is 3. The second kappa shape index (κ2) is 10.3. The van der Waals surface area contributed by atoms with Gasteiger partial charge in [-0.3, -0.25) is 19.4 Å². The highest BCUT2D eigenvalue weighted by molar-refractivity contribution is 5.96. The fourth-order valence-electron chi connectivity index (χ4n) is 3.79. The number of pyridine rings is 2. The zero-order chi connectivity index (χ0) is 22.4. The maximum Gasteiger partial charge on any atom is 0.267 e. The molecule has 0 saturated carbocycles. The highest BCUT2D eigenvalue weighted by Gasteiger charge is 2.17. The molecule has 31 heavy (non-hydrogen) atoms. The van der Waals surface area contributed by atoms with Crippen molar-refractivity contribution in [1.82, 2.24) is 19.3 Å². The Balaban J connectivity index is 1.95. The van der Waals surface area contributed by atoms with Crippen LogP contribution in [0.4, 0.5) is 0 Å². The Morgan fingerprint density at radius 3 is 2.68 bits per heavy atom. The van der Waals surface area contributed by atoms with Gasteiger partial charge in [-0.05, 0) is 31.0 Å². The number of aromatic nitrogens is 3. The fraction of sp³-hybridized carbons (Fsp3) is 0.478. The van der Waals surface area contributed by atoms with Crippen LogP contribution in [0, 0.1) is 12.3 Å². The van der Waals surface area contributed by atoms with Gasteiger partial charge in [-0.2, -0.15) is 0 Å². The summed E-state index contributed by atoms with van der Waals surface area (Å²) < 4.78 is 2.88. The molecule has 0 aliphatic heterocycles. The molecule has 0 radical (unpaired) electrons. The molecule has 0 spiro atoms. The van der Waals surface area contributed by atoms with Crippen LogP contribution >= 0.6 is 0 Å². The third-order valence-electron chi connectivity index (χ3n) is 5.52. The lowest BCUT2D eigenvalue weighted by atomic mass is 10.1. The van der Waals surface area contributed by atoms with Crippen LogP contribution < -0.4 is 16.4 Å². The summed E-state index contributed by atoms with van der Waals surface area (Å²) in [5.41, 5.74) is 1.35. The van der Waals surface area contributed by atoms with E-state index in [4.69, 9.17) is 5.41 Å². The van der Waals surface area contributed by atoms with Crippen LogP contribution in [0.25, 0.3) is 16.7 Å². The van der Waals surface area contributed by atoms with Crippen LogP contribution in [0.2, 0.25) is 0 Å². The highest BCUT2D eigenvalue weighted by Crippen LogP contribution is 2.13. The molecular formula is C23H31N5O3. The number of aryl methyl sites for hydroxylation is 1. The number of rotatable bonds is 10. The number of hydrogen-bond donors (Lipinski definition) is 3. The van der Waals surface area contributed by atoms with E-state index in [9.17, 15) is 14.7 Å². The number of carbonyl (C=O) groups excluding carboxylic acids is 1. The summed E-state index contributed by atoms with van der Waals surface area (Å²) in [7, 11) is 0. The summed E-state index contributed by atoms with van der Waals surface area (Å²) in [6.45, 7) is 4.40. The van der Waals surface area contributed by atoms with Gasteiger partial charge in [0.05, 0.1) is 17.6 Å². The lowest BCUT2D eigenvalue weighted by Crippen LogP contribution is -2.35. The van der Waals surface area contributed by atoms with E-state index in [1.807, 2.05) is 13.0 Å². The molecule has 166 valence electrons. The maximum atomic E-state index is 13.1. The highest BCUT2D eigenvalue weighted by atomic mass is 16.3. The standard InChI is InChI=1S/C23H31N5O3/c1-3-4-5-6-7-8-11-25-22(30)17-15-18-21(27(13-14-29)19(17)24)26-20-16(2)10-9-12-28(20)23(18)31/h9-10,12,15,24,29H,3-8,11,13-14H2,1-2H3,(H,25,30). The van der Waals surface area contributed by atoms with Gasteiger partial charge < -0.3 is 15.0 Å². The first-order valence-electron chi connectivity index (χ1n) is 11.0. The second-order valence-corrected chi connectivity index (χ2v) is 7.84. The monoisotopic (exact) mass is 425 g/mol. The van der Waals surface area contributed by atoms with E-state index in [1.54, 1.807) is 12.3 Å². The number of amides is 1. The predicted octanol–water partition coefficient (Wildman–Crippen LogP) is 2.52. The van der Waals surface area contributed by atoms with Crippen LogP contribution in [0.15, 0.2) is 29.2 Å². The van der Waals surface area contributed by atoms with E-state index in [2.05, 4.69) is 17.2 Å². The topological polar surface area (TPSA) is 112 Å². The lowest BCUT2D eigenvalue weighted by Gasteiger charge is -2.14. The minimum Gasteiger partial charge on any atom is -0.395 e. The summed E-state index contributed by atoms with van der Waals surface area (Å²) in [4.78, 5) is 30.5. The van der Waals surface area contributed by atoms with E-state index in [-0.39, 0.29) is 41.1 Å². The minimum absolute atomic E-state index is 0.0631. The molecule has 1 amide bonds. The molecule has 8 nitrogen and oxygen atoms in total. The first kappa shape index (κ1) is 22.7. The van der Waals surface area contributed by atoms with Crippen LogP contribution in [0.5, 0.6) is 0 Å². The Morgan fingerprint density at radius 1 is 1.19 bits per heavy atom. The van der Waals surface area contributed by atoms with Crippen molar-refractivity contribution in [2.24, 2.45) is 0 Å². The van der Waals surface area contributed by atoms with Gasteiger partial charge in [-0.15, -0.1) is 0 Å². The summed E-state index contributed by atoms with van der Waals surface area (Å²) in [5.74, 6) is -0.388. The first-order valence-corrected chi connectivity index (χ1v) is 11.0. The fourth-order valence-corrected chi connectivity index (χ4v) is 3.79. The Labute approximate surface area is 181 Å². The molecule has 0 bridgehead atoms. The molecule has 3 aromatic rings. The van der Waals surface area contributed by atoms with Crippen molar-refractivity contribution in [1.29, 1.82) is 5.41 Å². The minimum atomic E-state index is -0.388. The number of fused-ring (bicyclic) bond motifs is 2. The van der Waals surface area contributed by atoms with Gasteiger partial charge in [0, 0.05) is 19.3 Å². The van der Waals surface area contributed by atoms with Crippen molar-refractivity contribution in [3.05, 3.63) is 51.4 Å². The van der Waals surface area contributed by atoms with Gasteiger partial charge in [-0.1, -0.05) is 45.1 Å². The summed E-state index contributed by atoms with van der Waals surface area (Å²) >= 11 is 0. The van der Waals surface area contributed by atoms with E-state index in [1.165, 1.54) is 34.3 Å². The van der Waals surface area contributed by atoms with E-state index in [0.29, 0.717) is 17.8 Å². The zero-order valence-corrected chi connectivity index (χ0v) is 18.3. The Hall–Kier alpha value is -3.00. The largest absolute Gasteiger partial charge is 0.395 e. The normalized spacial score (nSPS) is 11.3. The summed E-state index contributed by atoms with van der Waals surface area (Å²) in [6.07, 6.45) is 8.34. The SMILES string of the molecule is CCCCCCCCNC(=O)c1cc2c(=O)n3cccc(C)c3nc2n(CCO)c1=N. The molecular weight excluding hydrogens is 394 g/mol. The predicted molar refractivity (Wildman–Crippen MR) is 120 cm³/mol. The van der Waals surface area contributed by atoms with E-state index < -0.39 is 0 Å². The quantitative estimate of drug-likeness (QED) is 0.342. The van der Waals surface area contributed by atoms with Gasteiger partial charge in [0.2, 0.25) is 0 Å². The number of nitrogens with one attached hydrogen (secondary N) is 2. The summed E-state index contributed by atoms with van der Waals surface area (Å²) in [6, 6.07) is 5.08. The van der Waals surface area contributed by atoms with Crippen molar-refractivity contribution < 1.29 is 9.90 Å². The molecule has 0 atom stereocenters. The van der Waals surface area contributed by atoms with Crippen LogP contribution in [-0.2, 0) is 6.54 Å². The van der Waals surface area contributed by atoms with E-state index in [0.717, 1.165) is 24.8 Å². The van der Waals surface area contributed by atoms with Gasteiger partial charge >= 0.3 is 0 Å². The molecule has 8 heteroatoms. The third-order valence-corrected chi connectivity index (χ3v) is 5.52. The zero-order valence-electron chi connectivity index (χ0n) is 18.3. The van der Waals surface area contributed by atoms with Crippen molar-refractivity contribution in [3.63, 3.8) is 0 Å². The smallest absolute Gasteiger partial charge is 0.267 e. The number of aliphatic hydroxyl groups excluding tert-OH is 1. The van der Waals surface area contributed by atoms with Crippen LogP contribution in [0.1, 0.15) is 61.4 Å². The van der Waals surface area contributed by atoms with Gasteiger partial charge in [0.15, 0.2) is 0 Å². The van der Waals surface area contributed by atoms with Crippen molar-refractivity contribution >= 4 is 22.6 Å². The van der Waals surface area contributed by atoms with Crippen molar-refractivity contribution in [3.8, 4) is 0 Å². The maximum absolute atomic E-state index is 13.1. The Morgan fingerprint density at radius 2 is 1.94 bits per heavy atom. The molecule has 0 aromatic carbocycles. The van der Waals surface area contributed by atoms with Gasteiger partial charge in [0.1, 0.15) is 16.8 Å². The molecule has 3 aromatic heterocycles. The second-order valence-electron chi connectivity index (χ2n) is 7.84.